The lowest BCUT2D eigenvalue weighted by Crippen LogP contribution is -2.40. The molecule has 2 saturated heterocycles. The molecule has 1 atom stereocenters. The van der Waals surface area contributed by atoms with E-state index in [9.17, 15) is 9.59 Å². The van der Waals surface area contributed by atoms with Crippen molar-refractivity contribution in [3.05, 3.63) is 0 Å². The summed E-state index contributed by atoms with van der Waals surface area (Å²) in [4.78, 5) is 31.2. The van der Waals surface area contributed by atoms with Gasteiger partial charge in [0.1, 0.15) is 0 Å². The van der Waals surface area contributed by atoms with Gasteiger partial charge in [-0.15, -0.1) is 0 Å². The lowest BCUT2D eigenvalue weighted by Gasteiger charge is -2.26. The fraction of sp³-hybridized carbons (Fsp3) is 0.875. The Labute approximate surface area is 127 Å². The molecule has 2 heterocycles. The van der Waals surface area contributed by atoms with Crippen LogP contribution in [-0.4, -0.2) is 72.3 Å². The van der Waals surface area contributed by atoms with Crippen LogP contribution in [0.5, 0.6) is 0 Å². The molecule has 0 aromatic rings. The molecule has 21 heavy (non-hydrogen) atoms. The first-order valence-electron chi connectivity index (χ1n) is 8.42. The van der Waals surface area contributed by atoms with Gasteiger partial charge in [0, 0.05) is 38.6 Å². The summed E-state index contributed by atoms with van der Waals surface area (Å²) >= 11 is 0. The van der Waals surface area contributed by atoms with Gasteiger partial charge in [-0.1, -0.05) is 12.8 Å². The Balaban J connectivity index is 1.59. The van der Waals surface area contributed by atoms with E-state index in [4.69, 9.17) is 0 Å². The Bertz CT molecular complexity index is 406. The van der Waals surface area contributed by atoms with Crippen LogP contribution in [0.15, 0.2) is 0 Å². The molecule has 3 fully saturated rings. The van der Waals surface area contributed by atoms with E-state index in [1.54, 1.807) is 0 Å². The third-order valence-electron chi connectivity index (χ3n) is 5.30. The highest BCUT2D eigenvalue weighted by Crippen LogP contribution is 2.30. The Hall–Kier alpha value is -1.10. The molecule has 3 rings (SSSR count). The van der Waals surface area contributed by atoms with Crippen molar-refractivity contribution in [1.29, 1.82) is 0 Å². The van der Waals surface area contributed by atoms with E-state index in [0.717, 1.165) is 45.4 Å². The van der Waals surface area contributed by atoms with E-state index in [0.29, 0.717) is 19.0 Å². The van der Waals surface area contributed by atoms with Gasteiger partial charge in [0.05, 0.1) is 5.92 Å². The molecular formula is C16H27N3O2. The Morgan fingerprint density at radius 2 is 1.81 bits per heavy atom. The second-order valence-electron chi connectivity index (χ2n) is 6.87. The van der Waals surface area contributed by atoms with Crippen LogP contribution < -0.4 is 0 Å². The van der Waals surface area contributed by atoms with Crippen LogP contribution in [0, 0.1) is 5.92 Å². The maximum Gasteiger partial charge on any atom is 0.228 e. The van der Waals surface area contributed by atoms with Gasteiger partial charge in [0.15, 0.2) is 0 Å². The summed E-state index contributed by atoms with van der Waals surface area (Å²) in [7, 11) is 2.11. The zero-order valence-electron chi connectivity index (χ0n) is 13.1. The SMILES string of the molecule is CN1CCCN(C(=O)C2CC(=O)N(C3CCCC3)C2)CC1. The largest absolute Gasteiger partial charge is 0.341 e. The number of amides is 2. The van der Waals surface area contributed by atoms with E-state index in [1.807, 2.05) is 9.80 Å². The van der Waals surface area contributed by atoms with Crippen molar-refractivity contribution in [1.82, 2.24) is 14.7 Å². The molecule has 1 unspecified atom stereocenters. The monoisotopic (exact) mass is 293 g/mol. The number of rotatable bonds is 2. The van der Waals surface area contributed by atoms with Crippen molar-refractivity contribution < 1.29 is 9.59 Å². The summed E-state index contributed by atoms with van der Waals surface area (Å²) in [6.45, 7) is 4.32. The fourth-order valence-corrected chi connectivity index (χ4v) is 3.99. The third kappa shape index (κ3) is 3.23. The molecule has 2 aliphatic heterocycles. The standard InChI is InChI=1S/C16H27N3O2/c1-17-7-4-8-18(10-9-17)16(21)13-11-15(20)19(12-13)14-5-2-3-6-14/h13-14H,2-12H2,1H3. The zero-order chi connectivity index (χ0) is 14.8. The molecule has 0 aromatic carbocycles. The number of carbonyl (C=O) groups is 2. The molecule has 2 amide bonds. The molecule has 0 spiro atoms. The highest BCUT2D eigenvalue weighted by molar-refractivity contribution is 5.89. The quantitative estimate of drug-likeness (QED) is 0.761. The van der Waals surface area contributed by atoms with Crippen LogP contribution in [0.4, 0.5) is 0 Å². The number of nitrogens with zero attached hydrogens (tertiary/aromatic N) is 3. The van der Waals surface area contributed by atoms with E-state index in [2.05, 4.69) is 11.9 Å². The van der Waals surface area contributed by atoms with Crippen LogP contribution in [0.1, 0.15) is 38.5 Å². The summed E-state index contributed by atoms with van der Waals surface area (Å²) in [5.74, 6) is 0.313. The van der Waals surface area contributed by atoms with Crippen molar-refractivity contribution in [3.8, 4) is 0 Å². The minimum atomic E-state index is -0.0958. The highest BCUT2D eigenvalue weighted by Gasteiger charge is 2.40. The Kier molecular flexibility index (Phi) is 4.48. The minimum absolute atomic E-state index is 0.0958. The number of likely N-dealkylation sites (N-methyl/N-ethyl adjacent to an activating group) is 1. The number of likely N-dealkylation sites (tertiary alicyclic amines) is 1. The first-order chi connectivity index (χ1) is 10.1. The summed E-state index contributed by atoms with van der Waals surface area (Å²) in [6, 6.07) is 0.408. The third-order valence-corrected chi connectivity index (χ3v) is 5.30. The maximum atomic E-state index is 12.7. The second kappa shape index (κ2) is 6.34. The average molecular weight is 293 g/mol. The number of carbonyl (C=O) groups excluding carboxylic acids is 2. The normalized spacial score (nSPS) is 29.2. The van der Waals surface area contributed by atoms with Crippen LogP contribution >= 0.6 is 0 Å². The molecule has 5 heteroatoms. The van der Waals surface area contributed by atoms with E-state index >= 15 is 0 Å². The molecular weight excluding hydrogens is 266 g/mol. The number of hydrogen-bond acceptors (Lipinski definition) is 3. The van der Waals surface area contributed by atoms with Gasteiger partial charge >= 0.3 is 0 Å². The smallest absolute Gasteiger partial charge is 0.228 e. The predicted molar refractivity (Wildman–Crippen MR) is 80.8 cm³/mol. The van der Waals surface area contributed by atoms with Gasteiger partial charge in [-0.05, 0) is 32.9 Å². The molecule has 0 radical (unpaired) electrons. The summed E-state index contributed by atoms with van der Waals surface area (Å²) in [6.07, 6.45) is 6.18. The molecule has 0 bridgehead atoms. The van der Waals surface area contributed by atoms with Gasteiger partial charge in [-0.2, -0.15) is 0 Å². The van der Waals surface area contributed by atoms with E-state index in [1.165, 1.54) is 12.8 Å². The van der Waals surface area contributed by atoms with Gasteiger partial charge in [-0.25, -0.2) is 0 Å². The first-order valence-corrected chi connectivity index (χ1v) is 8.42. The predicted octanol–water partition coefficient (Wildman–Crippen LogP) is 0.942. The maximum absolute atomic E-state index is 12.7. The van der Waals surface area contributed by atoms with Crippen LogP contribution in [0.3, 0.4) is 0 Å². The minimum Gasteiger partial charge on any atom is -0.341 e. The van der Waals surface area contributed by atoms with Crippen molar-refractivity contribution in [3.63, 3.8) is 0 Å². The molecule has 3 aliphatic rings. The summed E-state index contributed by atoms with van der Waals surface area (Å²) in [5.41, 5.74) is 0. The lowest BCUT2D eigenvalue weighted by atomic mass is 10.1. The topological polar surface area (TPSA) is 43.9 Å². The summed E-state index contributed by atoms with van der Waals surface area (Å²) in [5, 5.41) is 0. The van der Waals surface area contributed by atoms with Crippen molar-refractivity contribution >= 4 is 11.8 Å². The molecule has 118 valence electrons. The molecule has 1 saturated carbocycles. The van der Waals surface area contributed by atoms with Crippen molar-refractivity contribution in [2.24, 2.45) is 5.92 Å². The first kappa shape index (κ1) is 14.8. The van der Waals surface area contributed by atoms with Crippen LogP contribution in [-0.2, 0) is 9.59 Å². The Morgan fingerprint density at radius 3 is 2.57 bits per heavy atom. The average Bonchev–Trinajstić information content (AvgIpc) is 3.06. The molecule has 5 nitrogen and oxygen atoms in total. The summed E-state index contributed by atoms with van der Waals surface area (Å²) < 4.78 is 0. The van der Waals surface area contributed by atoms with Gasteiger partial charge in [0.25, 0.3) is 0 Å². The van der Waals surface area contributed by atoms with Crippen molar-refractivity contribution in [2.75, 3.05) is 39.8 Å². The molecule has 0 N–H and O–H groups in total. The fourth-order valence-electron chi connectivity index (χ4n) is 3.99. The second-order valence-corrected chi connectivity index (χ2v) is 6.87. The van der Waals surface area contributed by atoms with Crippen LogP contribution in [0.2, 0.25) is 0 Å². The Morgan fingerprint density at radius 1 is 1.05 bits per heavy atom. The zero-order valence-corrected chi connectivity index (χ0v) is 13.1. The van der Waals surface area contributed by atoms with E-state index < -0.39 is 0 Å². The lowest BCUT2D eigenvalue weighted by molar-refractivity contribution is -0.135. The van der Waals surface area contributed by atoms with Gasteiger partial charge in [-0.3, -0.25) is 9.59 Å². The number of hydrogen-bond donors (Lipinski definition) is 0. The van der Waals surface area contributed by atoms with Gasteiger partial charge < -0.3 is 14.7 Å². The van der Waals surface area contributed by atoms with Gasteiger partial charge in [0.2, 0.25) is 11.8 Å². The molecule has 0 aromatic heterocycles. The molecule has 1 aliphatic carbocycles. The van der Waals surface area contributed by atoms with E-state index in [-0.39, 0.29) is 17.7 Å². The van der Waals surface area contributed by atoms with Crippen molar-refractivity contribution in [2.45, 2.75) is 44.6 Å². The highest BCUT2D eigenvalue weighted by atomic mass is 16.2. The van der Waals surface area contributed by atoms with Crippen LogP contribution in [0.25, 0.3) is 0 Å².